The summed E-state index contributed by atoms with van der Waals surface area (Å²) in [6.45, 7) is 4.03. The molecule has 0 radical (unpaired) electrons. The van der Waals surface area contributed by atoms with Crippen molar-refractivity contribution in [2.24, 2.45) is 11.1 Å². The van der Waals surface area contributed by atoms with Crippen LogP contribution in [0.3, 0.4) is 0 Å². The van der Waals surface area contributed by atoms with E-state index in [1.54, 1.807) is 0 Å². The van der Waals surface area contributed by atoms with Gasteiger partial charge >= 0.3 is 0 Å². The van der Waals surface area contributed by atoms with Crippen molar-refractivity contribution in [3.05, 3.63) is 24.0 Å². The second-order valence-corrected chi connectivity index (χ2v) is 4.49. The number of carbonyl (C=O) groups excluding carboxylic acids is 1. The molecule has 1 amide bonds. The van der Waals surface area contributed by atoms with E-state index in [9.17, 15) is 9.18 Å². The quantitative estimate of drug-likeness (QED) is 0.833. The first-order valence-electron chi connectivity index (χ1n) is 6.38. The third kappa shape index (κ3) is 3.23. The zero-order chi connectivity index (χ0) is 14.5. The maximum atomic E-state index is 13.7. The van der Waals surface area contributed by atoms with Crippen LogP contribution >= 0.6 is 0 Å². The van der Waals surface area contributed by atoms with Crippen molar-refractivity contribution < 1.29 is 13.9 Å². The summed E-state index contributed by atoms with van der Waals surface area (Å²) < 4.78 is 18.7. The van der Waals surface area contributed by atoms with Gasteiger partial charge in [0.1, 0.15) is 11.6 Å². The van der Waals surface area contributed by atoms with Crippen LogP contribution in [-0.2, 0) is 4.79 Å². The van der Waals surface area contributed by atoms with E-state index in [1.165, 1.54) is 25.3 Å². The summed E-state index contributed by atoms with van der Waals surface area (Å²) in [5, 5.41) is 2.60. The SMILES string of the molecule is CCC(CC)(CN)C(=O)Nc1cc(OC)ccc1F. The van der Waals surface area contributed by atoms with Crippen LogP contribution in [-0.4, -0.2) is 19.6 Å². The van der Waals surface area contributed by atoms with Crippen LogP contribution in [0.1, 0.15) is 26.7 Å². The van der Waals surface area contributed by atoms with E-state index in [0.717, 1.165) is 0 Å². The Morgan fingerprint density at radius 2 is 2.05 bits per heavy atom. The number of ether oxygens (including phenoxy) is 1. The molecule has 1 rings (SSSR count). The molecule has 0 aliphatic heterocycles. The van der Waals surface area contributed by atoms with Crippen LogP contribution in [0.5, 0.6) is 5.75 Å². The van der Waals surface area contributed by atoms with Gasteiger partial charge in [0.05, 0.1) is 18.2 Å². The van der Waals surface area contributed by atoms with Crippen molar-refractivity contribution in [1.29, 1.82) is 0 Å². The van der Waals surface area contributed by atoms with Crippen molar-refractivity contribution in [2.75, 3.05) is 19.0 Å². The van der Waals surface area contributed by atoms with Gasteiger partial charge < -0.3 is 15.8 Å². The van der Waals surface area contributed by atoms with E-state index >= 15 is 0 Å². The average Bonchev–Trinajstić information content (AvgIpc) is 2.44. The highest BCUT2D eigenvalue weighted by Gasteiger charge is 2.33. The Hall–Kier alpha value is -1.62. The number of benzene rings is 1. The average molecular weight is 268 g/mol. The third-order valence-corrected chi connectivity index (χ3v) is 3.65. The minimum atomic E-state index is -0.657. The van der Waals surface area contributed by atoms with Crippen molar-refractivity contribution in [1.82, 2.24) is 0 Å². The normalized spacial score (nSPS) is 11.2. The Morgan fingerprint density at radius 1 is 1.42 bits per heavy atom. The predicted octanol–water partition coefficient (Wildman–Crippen LogP) is 2.54. The van der Waals surface area contributed by atoms with Gasteiger partial charge in [-0.2, -0.15) is 0 Å². The van der Waals surface area contributed by atoms with Crippen LogP contribution in [0.25, 0.3) is 0 Å². The Kier molecular flexibility index (Phi) is 5.30. The molecule has 0 bridgehead atoms. The fraction of sp³-hybridized carbons (Fsp3) is 0.500. The first-order valence-corrected chi connectivity index (χ1v) is 6.38. The van der Waals surface area contributed by atoms with Gasteiger partial charge in [-0.15, -0.1) is 0 Å². The monoisotopic (exact) mass is 268 g/mol. The molecule has 0 atom stereocenters. The Labute approximate surface area is 113 Å². The van der Waals surface area contributed by atoms with Crippen molar-refractivity contribution in [3.8, 4) is 5.75 Å². The summed E-state index contributed by atoms with van der Waals surface area (Å²) in [4.78, 5) is 12.3. The van der Waals surface area contributed by atoms with E-state index in [2.05, 4.69) is 5.32 Å². The molecule has 0 saturated carbocycles. The number of amides is 1. The number of hydrogen-bond donors (Lipinski definition) is 2. The fourth-order valence-corrected chi connectivity index (χ4v) is 1.93. The van der Waals surface area contributed by atoms with Gasteiger partial charge in [0.25, 0.3) is 0 Å². The molecule has 1 aromatic carbocycles. The second kappa shape index (κ2) is 6.52. The highest BCUT2D eigenvalue weighted by atomic mass is 19.1. The summed E-state index contributed by atoms with van der Waals surface area (Å²) in [5.41, 5.74) is 5.16. The molecule has 0 aliphatic carbocycles. The van der Waals surface area contributed by atoms with Crippen LogP contribution < -0.4 is 15.8 Å². The summed E-state index contributed by atoms with van der Waals surface area (Å²) >= 11 is 0. The van der Waals surface area contributed by atoms with Crippen molar-refractivity contribution in [3.63, 3.8) is 0 Å². The van der Waals surface area contributed by atoms with Gasteiger partial charge in [0.15, 0.2) is 0 Å². The molecule has 0 spiro atoms. The number of anilines is 1. The van der Waals surface area contributed by atoms with E-state index in [0.29, 0.717) is 18.6 Å². The zero-order valence-corrected chi connectivity index (χ0v) is 11.6. The summed E-state index contributed by atoms with van der Waals surface area (Å²) in [5.74, 6) is -0.262. The topological polar surface area (TPSA) is 64.4 Å². The van der Waals surface area contributed by atoms with Crippen molar-refractivity contribution in [2.45, 2.75) is 26.7 Å². The minimum Gasteiger partial charge on any atom is -0.497 e. The van der Waals surface area contributed by atoms with E-state index in [-0.39, 0.29) is 18.1 Å². The molecule has 3 N–H and O–H groups in total. The maximum Gasteiger partial charge on any atom is 0.231 e. The molecule has 5 heteroatoms. The first kappa shape index (κ1) is 15.4. The lowest BCUT2D eigenvalue weighted by Gasteiger charge is -2.28. The van der Waals surface area contributed by atoms with Gasteiger partial charge in [-0.1, -0.05) is 13.8 Å². The lowest BCUT2D eigenvalue weighted by molar-refractivity contribution is -0.125. The number of hydrogen-bond acceptors (Lipinski definition) is 3. The van der Waals surface area contributed by atoms with E-state index in [1.807, 2.05) is 13.8 Å². The highest BCUT2D eigenvalue weighted by Crippen LogP contribution is 2.28. The molecule has 0 heterocycles. The van der Waals surface area contributed by atoms with Gasteiger partial charge in [0.2, 0.25) is 5.91 Å². The molecule has 1 aromatic rings. The number of methoxy groups -OCH3 is 1. The number of carbonyl (C=O) groups is 1. The van der Waals surface area contributed by atoms with E-state index in [4.69, 9.17) is 10.5 Å². The Balaban J connectivity index is 2.98. The third-order valence-electron chi connectivity index (χ3n) is 3.65. The molecule has 0 saturated heterocycles. The number of halogens is 1. The molecule has 0 fully saturated rings. The van der Waals surface area contributed by atoms with Crippen molar-refractivity contribution >= 4 is 11.6 Å². The minimum absolute atomic E-state index is 0.115. The number of nitrogens with two attached hydrogens (primary N) is 1. The highest BCUT2D eigenvalue weighted by molar-refractivity contribution is 5.95. The van der Waals surface area contributed by atoms with Gasteiger partial charge in [-0.05, 0) is 25.0 Å². The molecular formula is C14H21FN2O2. The smallest absolute Gasteiger partial charge is 0.231 e. The summed E-state index contributed by atoms with van der Waals surface area (Å²) in [6, 6.07) is 4.22. The molecule has 0 aliphatic rings. The Bertz CT molecular complexity index is 437. The molecule has 0 unspecified atom stereocenters. The molecule has 19 heavy (non-hydrogen) atoms. The summed E-state index contributed by atoms with van der Waals surface area (Å²) in [7, 11) is 1.49. The largest absolute Gasteiger partial charge is 0.497 e. The van der Waals surface area contributed by atoms with Gasteiger partial charge in [-0.3, -0.25) is 4.79 Å². The summed E-state index contributed by atoms with van der Waals surface area (Å²) in [6.07, 6.45) is 1.22. The lowest BCUT2D eigenvalue weighted by Crippen LogP contribution is -2.41. The fourth-order valence-electron chi connectivity index (χ4n) is 1.93. The molecular weight excluding hydrogens is 247 g/mol. The standard InChI is InChI=1S/C14H21FN2O2/c1-4-14(5-2,9-16)13(18)17-12-8-10(19-3)6-7-11(12)15/h6-8H,4-5,9,16H2,1-3H3,(H,17,18). The molecule has 4 nitrogen and oxygen atoms in total. The van der Waals surface area contributed by atoms with E-state index < -0.39 is 11.2 Å². The second-order valence-electron chi connectivity index (χ2n) is 4.49. The first-order chi connectivity index (χ1) is 9.02. The van der Waals surface area contributed by atoms with Crippen LogP contribution in [0.2, 0.25) is 0 Å². The van der Waals surface area contributed by atoms with Crippen LogP contribution in [0.4, 0.5) is 10.1 Å². The lowest BCUT2D eigenvalue weighted by atomic mass is 9.81. The van der Waals surface area contributed by atoms with Crippen LogP contribution in [0, 0.1) is 11.2 Å². The van der Waals surface area contributed by atoms with Gasteiger partial charge in [-0.25, -0.2) is 4.39 Å². The maximum absolute atomic E-state index is 13.7. The van der Waals surface area contributed by atoms with Gasteiger partial charge in [0, 0.05) is 12.6 Å². The van der Waals surface area contributed by atoms with Crippen LogP contribution in [0.15, 0.2) is 18.2 Å². The number of nitrogens with one attached hydrogen (secondary N) is 1. The zero-order valence-electron chi connectivity index (χ0n) is 11.6. The molecule has 0 aromatic heterocycles. The molecule has 106 valence electrons. The predicted molar refractivity (Wildman–Crippen MR) is 73.7 cm³/mol. The number of rotatable bonds is 6. The Morgan fingerprint density at radius 3 is 2.53 bits per heavy atom.